The van der Waals surface area contributed by atoms with Crippen molar-refractivity contribution in [3.05, 3.63) is 36.0 Å². The van der Waals surface area contributed by atoms with Gasteiger partial charge in [0.25, 0.3) is 0 Å². The lowest BCUT2D eigenvalue weighted by molar-refractivity contribution is -0.0482. The molecule has 1 aromatic carbocycles. The Balaban J connectivity index is 2.28. The topological polar surface area (TPSA) is 39.3 Å². The molecule has 2 aromatic rings. The van der Waals surface area contributed by atoms with Crippen molar-refractivity contribution in [1.82, 2.24) is 9.88 Å². The highest BCUT2D eigenvalue weighted by Crippen LogP contribution is 2.30. The molecule has 0 amide bonds. The van der Waals surface area contributed by atoms with Crippen LogP contribution in [0.15, 0.2) is 30.5 Å². The number of para-hydroxylation sites is 1. The Kier molecular flexibility index (Phi) is 6.34. The number of benzene rings is 1. The first-order valence-corrected chi connectivity index (χ1v) is 9.68. The number of fused-ring (bicyclic) bond motifs is 1. The standard InChI is InChI=1S/C22H36N2O/c1-7-22(25,8-2)20(24(6)14-13-21(3,4)5)15-17-16-23-19-12-10-9-11-18(17)19/h9-12,16,20,23,25H,7-8,13-15H2,1-6H3/t20-/m0/s1. The lowest BCUT2D eigenvalue weighted by Crippen LogP contribution is -2.52. The van der Waals surface area contributed by atoms with Crippen LogP contribution in [0.5, 0.6) is 0 Å². The Morgan fingerprint density at radius 3 is 2.36 bits per heavy atom. The highest BCUT2D eigenvalue weighted by atomic mass is 16.3. The first-order chi connectivity index (χ1) is 11.7. The van der Waals surface area contributed by atoms with E-state index in [9.17, 15) is 5.11 Å². The molecule has 0 spiro atoms. The van der Waals surface area contributed by atoms with Crippen LogP contribution < -0.4 is 0 Å². The summed E-state index contributed by atoms with van der Waals surface area (Å²) in [6.45, 7) is 12.0. The second kappa shape index (κ2) is 7.92. The molecule has 0 saturated heterocycles. The van der Waals surface area contributed by atoms with Gasteiger partial charge in [-0.3, -0.25) is 0 Å². The SMILES string of the molecule is CCC(O)(CC)[C@H](Cc1c[nH]c2ccccc12)N(C)CCC(C)(C)C. The number of hydrogen-bond donors (Lipinski definition) is 2. The molecule has 0 aliphatic carbocycles. The predicted octanol–water partition coefficient (Wildman–Crippen LogP) is 5.00. The highest BCUT2D eigenvalue weighted by molar-refractivity contribution is 5.83. The van der Waals surface area contributed by atoms with Gasteiger partial charge in [-0.15, -0.1) is 0 Å². The van der Waals surface area contributed by atoms with Gasteiger partial charge in [0.1, 0.15) is 0 Å². The monoisotopic (exact) mass is 344 g/mol. The molecule has 2 rings (SSSR count). The van der Waals surface area contributed by atoms with Crippen LogP contribution in [0.4, 0.5) is 0 Å². The summed E-state index contributed by atoms with van der Waals surface area (Å²) in [6, 6.07) is 8.55. The highest BCUT2D eigenvalue weighted by Gasteiger charge is 2.36. The molecule has 2 N–H and O–H groups in total. The summed E-state index contributed by atoms with van der Waals surface area (Å²) in [7, 11) is 2.17. The molecule has 0 aliphatic heterocycles. The molecule has 3 nitrogen and oxygen atoms in total. The lowest BCUT2D eigenvalue weighted by Gasteiger charge is -2.41. The van der Waals surface area contributed by atoms with E-state index in [1.807, 2.05) is 0 Å². The average molecular weight is 345 g/mol. The van der Waals surface area contributed by atoms with Crippen LogP contribution in [0.25, 0.3) is 10.9 Å². The van der Waals surface area contributed by atoms with Gasteiger partial charge in [0.05, 0.1) is 5.60 Å². The maximum absolute atomic E-state index is 11.3. The zero-order chi connectivity index (χ0) is 18.7. The number of aromatic amines is 1. The Bertz CT molecular complexity index is 664. The number of aliphatic hydroxyl groups is 1. The van der Waals surface area contributed by atoms with Gasteiger partial charge in [-0.25, -0.2) is 0 Å². The number of likely N-dealkylation sites (N-methyl/N-ethyl adjacent to an activating group) is 1. The summed E-state index contributed by atoms with van der Waals surface area (Å²) in [5, 5.41) is 12.6. The molecular formula is C22H36N2O. The summed E-state index contributed by atoms with van der Waals surface area (Å²) < 4.78 is 0. The molecular weight excluding hydrogens is 308 g/mol. The molecule has 3 heteroatoms. The van der Waals surface area contributed by atoms with E-state index in [0.717, 1.165) is 32.2 Å². The first kappa shape index (κ1) is 20.0. The molecule has 0 aliphatic rings. The van der Waals surface area contributed by atoms with Crippen molar-refractivity contribution in [2.75, 3.05) is 13.6 Å². The summed E-state index contributed by atoms with van der Waals surface area (Å²) >= 11 is 0. The maximum atomic E-state index is 11.3. The summed E-state index contributed by atoms with van der Waals surface area (Å²) in [5.74, 6) is 0. The number of nitrogens with one attached hydrogen (secondary N) is 1. The van der Waals surface area contributed by atoms with Crippen molar-refractivity contribution < 1.29 is 5.11 Å². The molecule has 0 fully saturated rings. The number of H-pyrrole nitrogens is 1. The number of nitrogens with zero attached hydrogens (tertiary/aromatic N) is 1. The third-order valence-electron chi connectivity index (χ3n) is 5.68. The number of aromatic nitrogens is 1. The third kappa shape index (κ3) is 4.86. The third-order valence-corrected chi connectivity index (χ3v) is 5.68. The van der Waals surface area contributed by atoms with E-state index < -0.39 is 5.60 Å². The molecule has 25 heavy (non-hydrogen) atoms. The molecule has 1 atom stereocenters. The van der Waals surface area contributed by atoms with E-state index in [0.29, 0.717) is 5.41 Å². The van der Waals surface area contributed by atoms with Crippen molar-refractivity contribution >= 4 is 10.9 Å². The largest absolute Gasteiger partial charge is 0.388 e. The van der Waals surface area contributed by atoms with Crippen molar-refractivity contribution in [3.63, 3.8) is 0 Å². The van der Waals surface area contributed by atoms with Gasteiger partial charge in [-0.05, 0) is 56.3 Å². The summed E-state index contributed by atoms with van der Waals surface area (Å²) in [6.07, 6.45) is 5.65. The van der Waals surface area contributed by atoms with Crippen LogP contribution in [-0.2, 0) is 6.42 Å². The molecule has 0 saturated carbocycles. The summed E-state index contributed by atoms with van der Waals surface area (Å²) in [4.78, 5) is 5.75. The van der Waals surface area contributed by atoms with Gasteiger partial charge in [0.15, 0.2) is 0 Å². The van der Waals surface area contributed by atoms with Crippen molar-refractivity contribution in [1.29, 1.82) is 0 Å². The maximum Gasteiger partial charge on any atom is 0.0800 e. The average Bonchev–Trinajstić information content (AvgIpc) is 2.99. The van der Waals surface area contributed by atoms with Gasteiger partial charge in [0, 0.05) is 23.1 Å². The van der Waals surface area contributed by atoms with Gasteiger partial charge in [-0.1, -0.05) is 52.8 Å². The minimum atomic E-state index is -0.662. The van der Waals surface area contributed by atoms with E-state index in [-0.39, 0.29) is 6.04 Å². The Hall–Kier alpha value is -1.32. The van der Waals surface area contributed by atoms with Crippen molar-refractivity contribution in [2.45, 2.75) is 71.9 Å². The molecule has 0 bridgehead atoms. The van der Waals surface area contributed by atoms with Crippen molar-refractivity contribution in [2.24, 2.45) is 5.41 Å². The Labute approximate surface area is 153 Å². The van der Waals surface area contributed by atoms with Gasteiger partial charge < -0.3 is 15.0 Å². The quantitative estimate of drug-likeness (QED) is 0.707. The second-order valence-corrected chi connectivity index (χ2v) is 8.68. The minimum Gasteiger partial charge on any atom is -0.388 e. The second-order valence-electron chi connectivity index (χ2n) is 8.68. The number of rotatable bonds is 8. The minimum absolute atomic E-state index is 0.115. The van der Waals surface area contributed by atoms with E-state index in [1.54, 1.807) is 0 Å². The molecule has 1 aromatic heterocycles. The van der Waals surface area contributed by atoms with Crippen LogP contribution in [0.3, 0.4) is 0 Å². The predicted molar refractivity (Wildman–Crippen MR) is 108 cm³/mol. The van der Waals surface area contributed by atoms with Crippen LogP contribution in [0.2, 0.25) is 0 Å². The van der Waals surface area contributed by atoms with E-state index >= 15 is 0 Å². The first-order valence-electron chi connectivity index (χ1n) is 9.68. The van der Waals surface area contributed by atoms with Crippen LogP contribution in [0.1, 0.15) is 59.4 Å². The van der Waals surface area contributed by atoms with Crippen LogP contribution >= 0.6 is 0 Å². The summed E-state index contributed by atoms with van der Waals surface area (Å²) in [5.41, 5.74) is 2.11. The van der Waals surface area contributed by atoms with Gasteiger partial charge in [-0.2, -0.15) is 0 Å². The molecule has 1 heterocycles. The Morgan fingerprint density at radius 2 is 1.76 bits per heavy atom. The Morgan fingerprint density at radius 1 is 1.12 bits per heavy atom. The van der Waals surface area contributed by atoms with E-state index in [4.69, 9.17) is 0 Å². The zero-order valence-corrected chi connectivity index (χ0v) is 16.9. The lowest BCUT2D eigenvalue weighted by atomic mass is 9.83. The molecule has 0 unspecified atom stereocenters. The normalized spacial score (nSPS) is 14.4. The van der Waals surface area contributed by atoms with Gasteiger partial charge in [0.2, 0.25) is 0 Å². The van der Waals surface area contributed by atoms with Crippen molar-refractivity contribution in [3.8, 4) is 0 Å². The van der Waals surface area contributed by atoms with E-state index in [1.165, 1.54) is 16.5 Å². The number of hydrogen-bond acceptors (Lipinski definition) is 2. The fraction of sp³-hybridized carbons (Fsp3) is 0.636. The van der Waals surface area contributed by atoms with Gasteiger partial charge >= 0.3 is 0 Å². The fourth-order valence-electron chi connectivity index (χ4n) is 3.65. The zero-order valence-electron chi connectivity index (χ0n) is 16.9. The van der Waals surface area contributed by atoms with E-state index in [2.05, 4.69) is 82.0 Å². The fourth-order valence-corrected chi connectivity index (χ4v) is 3.65. The molecule has 140 valence electrons. The smallest absolute Gasteiger partial charge is 0.0800 e. The van der Waals surface area contributed by atoms with Crippen LogP contribution in [0, 0.1) is 5.41 Å². The molecule has 0 radical (unpaired) electrons. The van der Waals surface area contributed by atoms with Crippen LogP contribution in [-0.4, -0.2) is 40.2 Å².